The van der Waals surface area contributed by atoms with Gasteiger partial charge in [-0.2, -0.15) is 0 Å². The molecule has 0 unspecified atom stereocenters. The Hall–Kier alpha value is -0.770. The summed E-state index contributed by atoms with van der Waals surface area (Å²) in [6, 6.07) is 0. The predicted octanol–water partition coefficient (Wildman–Crippen LogP) is 0.145. The number of thioether (sulfide) groups is 1. The number of rotatable bonds is 0. The molecule has 0 aliphatic carbocycles. The summed E-state index contributed by atoms with van der Waals surface area (Å²) in [5.74, 6) is 0.811. The van der Waals surface area contributed by atoms with Crippen molar-refractivity contribution in [2.45, 2.75) is 0 Å². The highest BCUT2D eigenvalue weighted by Gasteiger charge is 2.24. The van der Waals surface area contributed by atoms with Crippen LogP contribution < -0.4 is 5.32 Å². The number of Topliss-reactive ketones (excluding diaryl/α,β-unsaturated/α-hetero) is 1. The van der Waals surface area contributed by atoms with Gasteiger partial charge in [0.25, 0.3) is 0 Å². The molecule has 0 spiro atoms. The Labute approximate surface area is 62.6 Å². The van der Waals surface area contributed by atoms with Gasteiger partial charge >= 0.3 is 0 Å². The third-order valence-corrected chi connectivity index (χ3v) is 2.55. The minimum atomic E-state index is 0.226. The van der Waals surface area contributed by atoms with E-state index in [1.165, 1.54) is 0 Å². The quantitative estimate of drug-likeness (QED) is 0.540. The molecule has 52 valence electrons. The second-order valence-electron chi connectivity index (χ2n) is 2.13. The maximum atomic E-state index is 11.0. The number of aliphatic imine (C=N–C) groups is 1. The summed E-state index contributed by atoms with van der Waals surface area (Å²) in [5.41, 5.74) is 0.854. The van der Waals surface area contributed by atoms with E-state index in [0.717, 1.165) is 10.6 Å². The Balaban J connectivity index is 2.31. The first-order valence-corrected chi connectivity index (χ1v) is 4.00. The van der Waals surface area contributed by atoms with Crippen molar-refractivity contribution >= 4 is 23.9 Å². The molecule has 0 saturated carbocycles. The van der Waals surface area contributed by atoms with Crippen LogP contribution in [0.15, 0.2) is 15.6 Å². The van der Waals surface area contributed by atoms with Crippen molar-refractivity contribution in [2.24, 2.45) is 4.99 Å². The van der Waals surface area contributed by atoms with Crippen LogP contribution in [0.4, 0.5) is 0 Å². The third kappa shape index (κ3) is 0.759. The van der Waals surface area contributed by atoms with Crippen LogP contribution in [0.5, 0.6) is 0 Å². The van der Waals surface area contributed by atoms with Crippen LogP contribution in [0.25, 0.3) is 0 Å². The lowest BCUT2D eigenvalue weighted by Crippen LogP contribution is -2.16. The zero-order valence-corrected chi connectivity index (χ0v) is 6.07. The van der Waals surface area contributed by atoms with Crippen LogP contribution >= 0.6 is 11.8 Å². The van der Waals surface area contributed by atoms with Gasteiger partial charge < -0.3 is 5.32 Å². The number of carbonyl (C=O) groups is 1. The molecule has 0 aromatic rings. The first-order chi connectivity index (χ1) is 4.88. The molecule has 10 heavy (non-hydrogen) atoms. The van der Waals surface area contributed by atoms with E-state index in [1.54, 1.807) is 18.1 Å². The fraction of sp³-hybridized carbons (Fsp3) is 0.333. The predicted molar refractivity (Wildman–Crippen MR) is 41.0 cm³/mol. The SMILES string of the molecule is O=C1CSC2=C1CN=CN2. The Bertz CT molecular complexity index is 244. The number of carbonyl (C=O) groups excluding carboxylic acids is 1. The van der Waals surface area contributed by atoms with E-state index >= 15 is 0 Å². The van der Waals surface area contributed by atoms with E-state index in [9.17, 15) is 4.79 Å². The molecule has 0 saturated heterocycles. The van der Waals surface area contributed by atoms with Crippen LogP contribution in [0.2, 0.25) is 0 Å². The Kier molecular flexibility index (Phi) is 1.27. The Morgan fingerprint density at radius 3 is 3.40 bits per heavy atom. The van der Waals surface area contributed by atoms with Gasteiger partial charge in [-0.1, -0.05) is 11.8 Å². The van der Waals surface area contributed by atoms with Crippen LogP contribution in [0.1, 0.15) is 0 Å². The summed E-state index contributed by atoms with van der Waals surface area (Å²) in [5, 5.41) is 3.94. The van der Waals surface area contributed by atoms with E-state index in [0.29, 0.717) is 12.3 Å². The summed E-state index contributed by atoms with van der Waals surface area (Å²) in [6.07, 6.45) is 1.64. The highest BCUT2D eigenvalue weighted by molar-refractivity contribution is 8.04. The van der Waals surface area contributed by atoms with Crippen LogP contribution in [-0.2, 0) is 4.79 Å². The van der Waals surface area contributed by atoms with Gasteiger partial charge in [0.15, 0.2) is 5.78 Å². The largest absolute Gasteiger partial charge is 0.341 e. The van der Waals surface area contributed by atoms with Crippen molar-refractivity contribution in [1.29, 1.82) is 0 Å². The topological polar surface area (TPSA) is 41.5 Å². The zero-order chi connectivity index (χ0) is 6.97. The molecule has 2 heterocycles. The monoisotopic (exact) mass is 154 g/mol. The van der Waals surface area contributed by atoms with Crippen molar-refractivity contribution in [3.8, 4) is 0 Å². The molecule has 0 bridgehead atoms. The molecular weight excluding hydrogens is 148 g/mol. The van der Waals surface area contributed by atoms with E-state index in [2.05, 4.69) is 10.3 Å². The van der Waals surface area contributed by atoms with Gasteiger partial charge in [-0.05, 0) is 0 Å². The van der Waals surface area contributed by atoms with Gasteiger partial charge in [0.2, 0.25) is 0 Å². The fourth-order valence-electron chi connectivity index (χ4n) is 0.969. The van der Waals surface area contributed by atoms with E-state index in [1.807, 2.05) is 0 Å². The molecule has 0 atom stereocenters. The molecule has 0 aromatic carbocycles. The Morgan fingerprint density at radius 2 is 2.60 bits per heavy atom. The molecule has 3 nitrogen and oxygen atoms in total. The highest BCUT2D eigenvalue weighted by atomic mass is 32.2. The number of hydrogen-bond donors (Lipinski definition) is 1. The van der Waals surface area contributed by atoms with Gasteiger partial charge in [0.1, 0.15) is 0 Å². The number of nitrogens with zero attached hydrogens (tertiary/aromatic N) is 1. The zero-order valence-electron chi connectivity index (χ0n) is 5.26. The molecule has 2 aliphatic rings. The lowest BCUT2D eigenvalue weighted by molar-refractivity contribution is -0.113. The summed E-state index contributed by atoms with van der Waals surface area (Å²) < 4.78 is 0. The second-order valence-corrected chi connectivity index (χ2v) is 3.12. The second kappa shape index (κ2) is 2.12. The molecule has 2 rings (SSSR count). The van der Waals surface area contributed by atoms with Crippen molar-refractivity contribution in [1.82, 2.24) is 5.32 Å². The van der Waals surface area contributed by atoms with E-state index in [-0.39, 0.29) is 5.78 Å². The molecular formula is C6H6N2OS. The van der Waals surface area contributed by atoms with Crippen molar-refractivity contribution < 1.29 is 4.79 Å². The Morgan fingerprint density at radius 1 is 1.70 bits per heavy atom. The molecule has 0 aromatic heterocycles. The van der Waals surface area contributed by atoms with Crippen LogP contribution in [-0.4, -0.2) is 24.4 Å². The minimum absolute atomic E-state index is 0.226. The van der Waals surface area contributed by atoms with Gasteiger partial charge in [-0.3, -0.25) is 9.79 Å². The molecule has 0 amide bonds. The average molecular weight is 154 g/mol. The first-order valence-electron chi connectivity index (χ1n) is 3.02. The number of nitrogens with one attached hydrogen (secondary N) is 1. The first kappa shape index (κ1) is 5.97. The normalized spacial score (nSPS) is 23.0. The van der Waals surface area contributed by atoms with Crippen LogP contribution in [0.3, 0.4) is 0 Å². The fourth-order valence-corrected chi connectivity index (χ4v) is 1.91. The minimum Gasteiger partial charge on any atom is -0.341 e. The summed E-state index contributed by atoms with van der Waals surface area (Å²) in [4.78, 5) is 15.0. The van der Waals surface area contributed by atoms with Gasteiger partial charge in [-0.15, -0.1) is 0 Å². The summed E-state index contributed by atoms with van der Waals surface area (Å²) in [7, 11) is 0. The number of ketones is 1. The molecule has 1 N–H and O–H groups in total. The lowest BCUT2D eigenvalue weighted by Gasteiger charge is -2.06. The molecule has 0 fully saturated rings. The van der Waals surface area contributed by atoms with Gasteiger partial charge in [-0.25, -0.2) is 0 Å². The van der Waals surface area contributed by atoms with Crippen molar-refractivity contribution in [3.63, 3.8) is 0 Å². The molecule has 0 radical (unpaired) electrons. The smallest absolute Gasteiger partial charge is 0.173 e. The standard InChI is InChI=1S/C6H6N2OS/c9-5-2-10-6-4(5)1-7-3-8-6/h3H,1-2H2,(H,7,8). The third-order valence-electron chi connectivity index (χ3n) is 1.49. The maximum absolute atomic E-state index is 11.0. The highest BCUT2D eigenvalue weighted by Crippen LogP contribution is 2.27. The lowest BCUT2D eigenvalue weighted by atomic mass is 10.2. The summed E-state index contributed by atoms with van der Waals surface area (Å²) in [6.45, 7) is 0.564. The molecule has 4 heteroatoms. The van der Waals surface area contributed by atoms with E-state index < -0.39 is 0 Å². The maximum Gasteiger partial charge on any atom is 0.173 e. The van der Waals surface area contributed by atoms with Crippen LogP contribution in [0, 0.1) is 0 Å². The average Bonchev–Trinajstić information content (AvgIpc) is 2.34. The van der Waals surface area contributed by atoms with Crippen molar-refractivity contribution in [2.75, 3.05) is 12.3 Å². The summed E-state index contributed by atoms with van der Waals surface area (Å²) >= 11 is 1.56. The van der Waals surface area contributed by atoms with Gasteiger partial charge in [0, 0.05) is 5.57 Å². The van der Waals surface area contributed by atoms with E-state index in [4.69, 9.17) is 0 Å². The van der Waals surface area contributed by atoms with Gasteiger partial charge in [0.05, 0.1) is 23.7 Å². The number of hydrogen-bond acceptors (Lipinski definition) is 4. The van der Waals surface area contributed by atoms with Crippen molar-refractivity contribution in [3.05, 3.63) is 10.6 Å². The molecule has 2 aliphatic heterocycles.